The zero-order chi connectivity index (χ0) is 35.9. The molecule has 288 valence electrons. The summed E-state index contributed by atoms with van der Waals surface area (Å²) in [5, 5.41) is 0. The van der Waals surface area contributed by atoms with E-state index in [-0.39, 0.29) is 31.1 Å². The van der Waals surface area contributed by atoms with Crippen LogP contribution in [-0.2, 0) is 28.6 Å². The maximum absolute atomic E-state index is 12.6. The zero-order valence-electron chi connectivity index (χ0n) is 32.7. The van der Waals surface area contributed by atoms with Crippen LogP contribution in [-0.4, -0.2) is 37.2 Å². The van der Waals surface area contributed by atoms with Crippen molar-refractivity contribution in [1.29, 1.82) is 0 Å². The maximum Gasteiger partial charge on any atom is 0.306 e. The van der Waals surface area contributed by atoms with Gasteiger partial charge >= 0.3 is 17.9 Å². The van der Waals surface area contributed by atoms with Gasteiger partial charge in [0.1, 0.15) is 13.2 Å². The molecular weight excluding hydrogens is 612 g/mol. The SMILES string of the molecule is CCCCCC/C=C\CCCCCCCC(=O)OCC(COC(=O)CCCCCCCCC)OC(=O)CCCCCCCCCCCCC. The van der Waals surface area contributed by atoms with Crippen LogP contribution < -0.4 is 0 Å². The largest absolute Gasteiger partial charge is 0.462 e. The van der Waals surface area contributed by atoms with Gasteiger partial charge in [0.2, 0.25) is 0 Å². The van der Waals surface area contributed by atoms with Gasteiger partial charge in [-0.05, 0) is 44.9 Å². The number of esters is 3. The molecule has 0 saturated heterocycles. The van der Waals surface area contributed by atoms with Gasteiger partial charge < -0.3 is 14.2 Å². The van der Waals surface area contributed by atoms with Gasteiger partial charge in [0, 0.05) is 19.3 Å². The molecular formula is C43H80O6. The standard InChI is InChI=1S/C43H80O6/c1-4-7-10-13-16-18-20-21-23-24-27-30-33-36-42(45)48-39-40(38-47-41(44)35-32-29-26-15-12-9-6-3)49-43(46)37-34-31-28-25-22-19-17-14-11-8-5-2/h18,20,40H,4-17,19,21-39H2,1-3H3/b20-18-. The Balaban J connectivity index is 4.32. The summed E-state index contributed by atoms with van der Waals surface area (Å²) in [6.45, 7) is 6.56. The van der Waals surface area contributed by atoms with Gasteiger partial charge in [0.25, 0.3) is 0 Å². The quantitative estimate of drug-likeness (QED) is 0.0277. The van der Waals surface area contributed by atoms with Crippen molar-refractivity contribution in [2.24, 2.45) is 0 Å². The number of rotatable bonds is 38. The van der Waals surface area contributed by atoms with E-state index in [0.717, 1.165) is 64.2 Å². The monoisotopic (exact) mass is 693 g/mol. The Bertz CT molecular complexity index is 763. The van der Waals surface area contributed by atoms with Crippen LogP contribution in [0.3, 0.4) is 0 Å². The van der Waals surface area contributed by atoms with Crippen LogP contribution in [0.5, 0.6) is 0 Å². The molecule has 0 aromatic rings. The lowest BCUT2D eigenvalue weighted by molar-refractivity contribution is -0.167. The second kappa shape index (κ2) is 38.9. The van der Waals surface area contributed by atoms with Crippen molar-refractivity contribution >= 4 is 17.9 Å². The molecule has 0 spiro atoms. The van der Waals surface area contributed by atoms with E-state index in [1.165, 1.54) is 122 Å². The number of carbonyl (C=O) groups excluding carboxylic acids is 3. The molecule has 0 amide bonds. The van der Waals surface area contributed by atoms with Gasteiger partial charge in [-0.25, -0.2) is 0 Å². The fourth-order valence-corrected chi connectivity index (χ4v) is 6.02. The van der Waals surface area contributed by atoms with Crippen LogP contribution in [0.4, 0.5) is 0 Å². The normalized spacial score (nSPS) is 12.0. The first-order valence-electron chi connectivity index (χ1n) is 21.2. The molecule has 0 heterocycles. The van der Waals surface area contributed by atoms with Crippen molar-refractivity contribution in [2.75, 3.05) is 13.2 Å². The highest BCUT2D eigenvalue weighted by atomic mass is 16.6. The summed E-state index contributed by atoms with van der Waals surface area (Å²) >= 11 is 0. The van der Waals surface area contributed by atoms with E-state index < -0.39 is 6.10 Å². The summed E-state index contributed by atoms with van der Waals surface area (Å²) in [5.74, 6) is -0.882. The van der Waals surface area contributed by atoms with Crippen molar-refractivity contribution in [1.82, 2.24) is 0 Å². The predicted octanol–water partition coefficient (Wildman–Crippen LogP) is 13.1. The zero-order valence-corrected chi connectivity index (χ0v) is 32.7. The molecule has 0 aromatic heterocycles. The Morgan fingerprint density at radius 3 is 1.04 bits per heavy atom. The minimum absolute atomic E-state index is 0.0696. The first-order chi connectivity index (χ1) is 24.0. The number of unbranched alkanes of at least 4 members (excludes halogenated alkanes) is 25. The molecule has 0 aliphatic carbocycles. The van der Waals surface area contributed by atoms with Crippen molar-refractivity contribution in [3.63, 3.8) is 0 Å². The fraction of sp³-hybridized carbons (Fsp3) is 0.884. The Hall–Kier alpha value is -1.85. The lowest BCUT2D eigenvalue weighted by Crippen LogP contribution is -2.30. The molecule has 0 bridgehead atoms. The number of hydrogen-bond acceptors (Lipinski definition) is 6. The topological polar surface area (TPSA) is 78.9 Å². The smallest absolute Gasteiger partial charge is 0.306 e. The highest BCUT2D eigenvalue weighted by molar-refractivity contribution is 5.71. The van der Waals surface area contributed by atoms with Gasteiger partial charge in [-0.15, -0.1) is 0 Å². The van der Waals surface area contributed by atoms with Gasteiger partial charge in [-0.1, -0.05) is 174 Å². The third-order valence-electron chi connectivity index (χ3n) is 9.27. The molecule has 0 aliphatic rings. The van der Waals surface area contributed by atoms with E-state index in [2.05, 4.69) is 32.9 Å². The van der Waals surface area contributed by atoms with Gasteiger partial charge in [0.15, 0.2) is 6.10 Å². The summed E-state index contributed by atoms with van der Waals surface area (Å²) in [7, 11) is 0. The van der Waals surface area contributed by atoms with E-state index in [9.17, 15) is 14.4 Å². The first kappa shape index (κ1) is 47.1. The van der Waals surface area contributed by atoms with Crippen molar-refractivity contribution in [3.8, 4) is 0 Å². The fourth-order valence-electron chi connectivity index (χ4n) is 6.02. The number of hydrogen-bond donors (Lipinski definition) is 0. The number of carbonyl (C=O) groups is 3. The summed E-state index contributed by atoms with van der Waals surface area (Å²) in [6, 6.07) is 0. The van der Waals surface area contributed by atoms with Gasteiger partial charge in [-0.2, -0.15) is 0 Å². The molecule has 0 fully saturated rings. The molecule has 1 unspecified atom stereocenters. The third-order valence-corrected chi connectivity index (χ3v) is 9.27. The van der Waals surface area contributed by atoms with Crippen LogP contribution in [0.15, 0.2) is 12.2 Å². The summed E-state index contributed by atoms with van der Waals surface area (Å²) < 4.78 is 16.6. The minimum atomic E-state index is -0.762. The van der Waals surface area contributed by atoms with Crippen LogP contribution in [0.25, 0.3) is 0 Å². The maximum atomic E-state index is 12.6. The summed E-state index contributed by atoms with van der Waals surface area (Å²) in [6.07, 6.45) is 39.1. The number of allylic oxidation sites excluding steroid dienone is 2. The third kappa shape index (κ3) is 37.2. The predicted molar refractivity (Wildman–Crippen MR) is 206 cm³/mol. The molecule has 49 heavy (non-hydrogen) atoms. The second-order valence-corrected chi connectivity index (χ2v) is 14.3. The molecule has 0 N–H and O–H groups in total. The molecule has 1 atom stereocenters. The van der Waals surface area contributed by atoms with E-state index in [4.69, 9.17) is 14.2 Å². The van der Waals surface area contributed by atoms with Gasteiger partial charge in [0.05, 0.1) is 0 Å². The minimum Gasteiger partial charge on any atom is -0.462 e. The van der Waals surface area contributed by atoms with Crippen molar-refractivity contribution in [3.05, 3.63) is 12.2 Å². The Morgan fingerprint density at radius 2 is 0.673 bits per heavy atom. The van der Waals surface area contributed by atoms with E-state index in [1.807, 2.05) is 0 Å². The lowest BCUT2D eigenvalue weighted by atomic mass is 10.1. The molecule has 0 radical (unpaired) electrons. The molecule has 0 rings (SSSR count). The van der Waals surface area contributed by atoms with Crippen molar-refractivity contribution < 1.29 is 28.6 Å². The second-order valence-electron chi connectivity index (χ2n) is 14.3. The highest BCUT2D eigenvalue weighted by Gasteiger charge is 2.19. The first-order valence-corrected chi connectivity index (χ1v) is 21.2. The molecule has 6 nitrogen and oxygen atoms in total. The molecule has 0 aromatic carbocycles. The van der Waals surface area contributed by atoms with Crippen LogP contribution >= 0.6 is 0 Å². The average Bonchev–Trinajstić information content (AvgIpc) is 3.10. The van der Waals surface area contributed by atoms with Crippen LogP contribution in [0.1, 0.15) is 226 Å². The van der Waals surface area contributed by atoms with Gasteiger partial charge in [-0.3, -0.25) is 14.4 Å². The Morgan fingerprint density at radius 1 is 0.388 bits per heavy atom. The lowest BCUT2D eigenvalue weighted by Gasteiger charge is -2.18. The number of ether oxygens (including phenoxy) is 3. The van der Waals surface area contributed by atoms with E-state index in [0.29, 0.717) is 19.3 Å². The molecule has 6 heteroatoms. The van der Waals surface area contributed by atoms with E-state index >= 15 is 0 Å². The molecule has 0 aliphatic heterocycles. The van der Waals surface area contributed by atoms with Crippen LogP contribution in [0, 0.1) is 0 Å². The highest BCUT2D eigenvalue weighted by Crippen LogP contribution is 2.14. The Labute approximate surface area is 303 Å². The average molecular weight is 693 g/mol. The summed E-state index contributed by atoms with van der Waals surface area (Å²) in [4.78, 5) is 37.4. The van der Waals surface area contributed by atoms with Crippen molar-refractivity contribution in [2.45, 2.75) is 232 Å². The summed E-state index contributed by atoms with van der Waals surface area (Å²) in [5.41, 5.74) is 0. The molecule has 0 saturated carbocycles. The Kier molecular flexibility index (Phi) is 37.5. The van der Waals surface area contributed by atoms with E-state index in [1.54, 1.807) is 0 Å². The van der Waals surface area contributed by atoms with Crippen LogP contribution in [0.2, 0.25) is 0 Å².